The Kier molecular flexibility index (Phi) is 4.02. The van der Waals surface area contributed by atoms with Crippen molar-refractivity contribution in [2.75, 3.05) is 5.32 Å². The van der Waals surface area contributed by atoms with Gasteiger partial charge in [-0.15, -0.1) is 0 Å². The molecule has 0 bridgehead atoms. The van der Waals surface area contributed by atoms with E-state index in [4.69, 9.17) is 11.6 Å². The number of anilines is 1. The molecule has 0 unspecified atom stereocenters. The van der Waals surface area contributed by atoms with Gasteiger partial charge in [0.2, 0.25) is 0 Å². The second-order valence-electron chi connectivity index (χ2n) is 3.76. The van der Waals surface area contributed by atoms with Crippen molar-refractivity contribution < 1.29 is 5.11 Å². The molecule has 17 heavy (non-hydrogen) atoms. The average Bonchev–Trinajstić information content (AvgIpc) is 2.38. The van der Waals surface area contributed by atoms with Crippen LogP contribution in [0.15, 0.2) is 48.5 Å². The summed E-state index contributed by atoms with van der Waals surface area (Å²) in [6.45, 7) is 0.709. The second kappa shape index (κ2) is 5.71. The third kappa shape index (κ3) is 2.99. The van der Waals surface area contributed by atoms with Gasteiger partial charge in [-0.1, -0.05) is 48.0 Å². The predicted molar refractivity (Wildman–Crippen MR) is 71.1 cm³/mol. The van der Waals surface area contributed by atoms with Crippen LogP contribution in [0.5, 0.6) is 0 Å². The van der Waals surface area contributed by atoms with Crippen LogP contribution >= 0.6 is 11.6 Å². The molecule has 2 rings (SSSR count). The molecule has 0 aliphatic rings. The zero-order valence-electron chi connectivity index (χ0n) is 9.36. The van der Waals surface area contributed by atoms with Crippen molar-refractivity contribution in [2.24, 2.45) is 0 Å². The molecule has 88 valence electrons. The van der Waals surface area contributed by atoms with Gasteiger partial charge in [0.1, 0.15) is 0 Å². The lowest BCUT2D eigenvalue weighted by atomic mass is 10.1. The Labute approximate surface area is 106 Å². The molecule has 0 radical (unpaired) electrons. The molecule has 0 saturated heterocycles. The lowest BCUT2D eigenvalue weighted by molar-refractivity contribution is 0.280. The first-order valence-corrected chi connectivity index (χ1v) is 5.85. The maximum atomic E-state index is 9.22. The van der Waals surface area contributed by atoms with Gasteiger partial charge in [0, 0.05) is 6.54 Å². The minimum Gasteiger partial charge on any atom is -0.392 e. The van der Waals surface area contributed by atoms with E-state index in [9.17, 15) is 5.11 Å². The van der Waals surface area contributed by atoms with Crippen LogP contribution in [-0.2, 0) is 13.2 Å². The Bertz CT molecular complexity index is 499. The molecule has 0 saturated carbocycles. The molecule has 0 spiro atoms. The zero-order chi connectivity index (χ0) is 12.1. The second-order valence-corrected chi connectivity index (χ2v) is 4.17. The van der Waals surface area contributed by atoms with Gasteiger partial charge in [-0.3, -0.25) is 0 Å². The molecule has 2 aromatic rings. The van der Waals surface area contributed by atoms with E-state index >= 15 is 0 Å². The van der Waals surface area contributed by atoms with Crippen LogP contribution in [-0.4, -0.2) is 5.11 Å². The molecule has 0 fully saturated rings. The Hall–Kier alpha value is -1.51. The van der Waals surface area contributed by atoms with Crippen molar-refractivity contribution in [3.05, 3.63) is 64.7 Å². The van der Waals surface area contributed by atoms with E-state index in [1.54, 1.807) is 0 Å². The van der Waals surface area contributed by atoms with Crippen LogP contribution in [0.4, 0.5) is 5.69 Å². The van der Waals surface area contributed by atoms with E-state index in [0.29, 0.717) is 11.6 Å². The van der Waals surface area contributed by atoms with E-state index in [1.165, 1.54) is 0 Å². The number of nitrogens with one attached hydrogen (secondary N) is 1. The van der Waals surface area contributed by atoms with Gasteiger partial charge in [-0.2, -0.15) is 0 Å². The predicted octanol–water partition coefficient (Wildman–Crippen LogP) is 3.44. The van der Waals surface area contributed by atoms with E-state index < -0.39 is 0 Å². The summed E-state index contributed by atoms with van der Waals surface area (Å²) >= 11 is 6.05. The fourth-order valence-corrected chi connectivity index (χ4v) is 1.88. The first-order chi connectivity index (χ1) is 8.31. The van der Waals surface area contributed by atoms with Gasteiger partial charge in [-0.05, 0) is 23.3 Å². The van der Waals surface area contributed by atoms with Gasteiger partial charge in [0.05, 0.1) is 17.3 Å². The van der Waals surface area contributed by atoms with E-state index in [-0.39, 0.29) is 6.61 Å². The van der Waals surface area contributed by atoms with Crippen molar-refractivity contribution in [1.82, 2.24) is 0 Å². The molecule has 0 aliphatic heterocycles. The minimum atomic E-state index is 0.0559. The van der Waals surface area contributed by atoms with Crippen LogP contribution in [0.1, 0.15) is 11.1 Å². The number of benzene rings is 2. The fraction of sp³-hybridized carbons (Fsp3) is 0.143. The van der Waals surface area contributed by atoms with Crippen LogP contribution in [0.25, 0.3) is 0 Å². The lowest BCUT2D eigenvalue weighted by Gasteiger charge is -2.10. The summed E-state index contributed by atoms with van der Waals surface area (Å²) in [7, 11) is 0. The number of aliphatic hydroxyl groups excluding tert-OH is 1. The normalized spacial score (nSPS) is 10.2. The Balaban J connectivity index is 2.10. The third-order valence-electron chi connectivity index (χ3n) is 2.63. The Morgan fingerprint density at radius 3 is 2.29 bits per heavy atom. The highest BCUT2D eigenvalue weighted by molar-refractivity contribution is 6.33. The van der Waals surface area contributed by atoms with E-state index in [2.05, 4.69) is 5.32 Å². The first-order valence-electron chi connectivity index (χ1n) is 5.47. The van der Waals surface area contributed by atoms with Crippen molar-refractivity contribution in [2.45, 2.75) is 13.2 Å². The van der Waals surface area contributed by atoms with Crippen molar-refractivity contribution >= 4 is 17.3 Å². The quantitative estimate of drug-likeness (QED) is 0.868. The first kappa shape index (κ1) is 12.0. The monoisotopic (exact) mass is 247 g/mol. The number of rotatable bonds is 4. The SMILES string of the molecule is OCc1ccccc1CNc1ccccc1Cl. The molecule has 0 aromatic heterocycles. The molecule has 2 aromatic carbocycles. The molecule has 2 nitrogen and oxygen atoms in total. The smallest absolute Gasteiger partial charge is 0.0685 e. The van der Waals surface area contributed by atoms with Crippen LogP contribution < -0.4 is 5.32 Å². The fourth-order valence-electron chi connectivity index (χ4n) is 1.68. The molecule has 0 heterocycles. The standard InChI is InChI=1S/C14H14ClNO/c15-13-7-3-4-8-14(13)16-9-11-5-1-2-6-12(11)10-17/h1-8,16-17H,9-10H2. The summed E-state index contributed by atoms with van der Waals surface area (Å²) in [4.78, 5) is 0. The summed E-state index contributed by atoms with van der Waals surface area (Å²) in [5.74, 6) is 0. The summed E-state index contributed by atoms with van der Waals surface area (Å²) in [5, 5.41) is 13.2. The summed E-state index contributed by atoms with van der Waals surface area (Å²) in [6, 6.07) is 15.4. The molecule has 0 aliphatic carbocycles. The van der Waals surface area contributed by atoms with Gasteiger partial charge in [0.25, 0.3) is 0 Å². The highest BCUT2D eigenvalue weighted by Gasteiger charge is 2.02. The van der Waals surface area contributed by atoms with Crippen molar-refractivity contribution in [3.8, 4) is 0 Å². The van der Waals surface area contributed by atoms with Crippen molar-refractivity contribution in [3.63, 3.8) is 0 Å². The number of hydrogen-bond donors (Lipinski definition) is 2. The topological polar surface area (TPSA) is 32.3 Å². The molecule has 3 heteroatoms. The van der Waals surface area contributed by atoms with Crippen LogP contribution in [0, 0.1) is 0 Å². The summed E-state index contributed by atoms with van der Waals surface area (Å²) in [6.07, 6.45) is 0. The molecule has 0 amide bonds. The van der Waals surface area contributed by atoms with E-state index in [0.717, 1.165) is 16.8 Å². The Morgan fingerprint density at radius 2 is 1.59 bits per heavy atom. The molecule has 0 atom stereocenters. The van der Waals surface area contributed by atoms with Crippen LogP contribution in [0.3, 0.4) is 0 Å². The summed E-state index contributed by atoms with van der Waals surface area (Å²) in [5.41, 5.74) is 2.92. The minimum absolute atomic E-state index is 0.0559. The third-order valence-corrected chi connectivity index (χ3v) is 2.96. The molecular formula is C14H14ClNO. The largest absolute Gasteiger partial charge is 0.392 e. The maximum Gasteiger partial charge on any atom is 0.0685 e. The van der Waals surface area contributed by atoms with Gasteiger partial charge >= 0.3 is 0 Å². The van der Waals surface area contributed by atoms with Crippen molar-refractivity contribution in [1.29, 1.82) is 0 Å². The Morgan fingerprint density at radius 1 is 0.941 bits per heavy atom. The van der Waals surface area contributed by atoms with Gasteiger partial charge in [-0.25, -0.2) is 0 Å². The number of para-hydroxylation sites is 1. The van der Waals surface area contributed by atoms with Gasteiger partial charge in [0.15, 0.2) is 0 Å². The van der Waals surface area contributed by atoms with Gasteiger partial charge < -0.3 is 10.4 Å². The zero-order valence-corrected chi connectivity index (χ0v) is 10.1. The lowest BCUT2D eigenvalue weighted by Crippen LogP contribution is -2.03. The highest BCUT2D eigenvalue weighted by Crippen LogP contribution is 2.21. The molecule has 2 N–H and O–H groups in total. The number of halogens is 1. The molecular weight excluding hydrogens is 234 g/mol. The van der Waals surface area contributed by atoms with E-state index in [1.807, 2.05) is 48.5 Å². The number of aliphatic hydroxyl groups is 1. The number of hydrogen-bond acceptors (Lipinski definition) is 2. The maximum absolute atomic E-state index is 9.22. The summed E-state index contributed by atoms with van der Waals surface area (Å²) < 4.78 is 0. The van der Waals surface area contributed by atoms with Crippen LogP contribution in [0.2, 0.25) is 5.02 Å². The highest BCUT2D eigenvalue weighted by atomic mass is 35.5. The average molecular weight is 248 g/mol.